The first-order valence-electron chi connectivity index (χ1n) is 7.93. The van der Waals surface area contributed by atoms with Crippen LogP contribution in [0.1, 0.15) is 36.7 Å². The first kappa shape index (κ1) is 18.8. The van der Waals surface area contributed by atoms with Crippen LogP contribution in [0.15, 0.2) is 47.5 Å². The minimum absolute atomic E-state index is 0.100. The summed E-state index contributed by atoms with van der Waals surface area (Å²) in [6.07, 6.45) is 1.26. The number of thioether (sulfide) groups is 1. The fraction of sp³-hybridized carbons (Fsp3) is 0.200. The lowest BCUT2D eigenvalue weighted by molar-refractivity contribution is 0.103. The van der Waals surface area contributed by atoms with Crippen molar-refractivity contribution in [2.24, 2.45) is 0 Å². The number of carbonyl (C=O) groups is 1. The summed E-state index contributed by atoms with van der Waals surface area (Å²) < 4.78 is 27.0. The average Bonchev–Trinajstić information content (AvgIpc) is 2.58. The molecule has 0 amide bonds. The van der Waals surface area contributed by atoms with Gasteiger partial charge in [0.15, 0.2) is 17.4 Å². The summed E-state index contributed by atoms with van der Waals surface area (Å²) in [5, 5.41) is 0.861. The van der Waals surface area contributed by atoms with E-state index in [0.717, 1.165) is 6.07 Å². The van der Waals surface area contributed by atoms with E-state index in [4.69, 9.17) is 11.6 Å². The van der Waals surface area contributed by atoms with Crippen molar-refractivity contribution >= 4 is 40.0 Å². The van der Waals surface area contributed by atoms with E-state index in [9.17, 15) is 13.6 Å². The van der Waals surface area contributed by atoms with Gasteiger partial charge in [-0.15, -0.1) is 11.8 Å². The lowest BCUT2D eigenvalue weighted by Crippen LogP contribution is -2.11. The molecule has 0 aliphatic rings. The van der Waals surface area contributed by atoms with Crippen molar-refractivity contribution in [2.45, 2.75) is 30.4 Å². The Hall–Kier alpha value is -1.98. The number of nitrogens with zero attached hydrogens (tertiary/aromatic N) is 1. The molecule has 1 aromatic heterocycles. The number of fused-ring (bicyclic) bond motifs is 1. The Morgan fingerprint density at radius 2 is 1.88 bits per heavy atom. The van der Waals surface area contributed by atoms with E-state index in [2.05, 4.69) is 4.98 Å². The molecule has 2 aromatic carbocycles. The van der Waals surface area contributed by atoms with E-state index >= 15 is 0 Å². The van der Waals surface area contributed by atoms with Gasteiger partial charge in [0.1, 0.15) is 5.52 Å². The van der Waals surface area contributed by atoms with Crippen molar-refractivity contribution in [2.75, 3.05) is 0 Å². The smallest absolute Gasteiger partial charge is 0.195 e. The van der Waals surface area contributed by atoms with Crippen LogP contribution in [0, 0.1) is 11.6 Å². The van der Waals surface area contributed by atoms with E-state index in [1.807, 2.05) is 20.8 Å². The maximum Gasteiger partial charge on any atom is 0.195 e. The lowest BCUT2D eigenvalue weighted by atomic mass is 10.0. The average molecular weight is 392 g/mol. The summed E-state index contributed by atoms with van der Waals surface area (Å²) in [6, 6.07) is 9.10. The van der Waals surface area contributed by atoms with Crippen molar-refractivity contribution in [3.8, 4) is 0 Å². The van der Waals surface area contributed by atoms with Gasteiger partial charge in [-0.3, -0.25) is 9.78 Å². The number of pyridine rings is 1. The molecule has 0 aliphatic carbocycles. The fourth-order valence-electron chi connectivity index (χ4n) is 2.52. The van der Waals surface area contributed by atoms with Gasteiger partial charge >= 0.3 is 0 Å². The topological polar surface area (TPSA) is 30.0 Å². The van der Waals surface area contributed by atoms with Crippen molar-refractivity contribution in [1.82, 2.24) is 4.98 Å². The number of ketones is 1. The molecule has 0 unspecified atom stereocenters. The third-order valence-corrected chi connectivity index (χ3v) is 5.31. The molecular formula is C20H16ClF2NOS. The Labute approximate surface area is 159 Å². The van der Waals surface area contributed by atoms with Crippen molar-refractivity contribution < 1.29 is 13.6 Å². The molecule has 0 bridgehead atoms. The summed E-state index contributed by atoms with van der Waals surface area (Å²) >= 11 is 7.82. The van der Waals surface area contributed by atoms with E-state index in [1.54, 1.807) is 18.2 Å². The highest BCUT2D eigenvalue weighted by atomic mass is 35.5. The zero-order valence-corrected chi connectivity index (χ0v) is 16.0. The van der Waals surface area contributed by atoms with Gasteiger partial charge in [-0.2, -0.15) is 0 Å². The van der Waals surface area contributed by atoms with Crippen LogP contribution in [-0.2, 0) is 0 Å². The molecule has 134 valence electrons. The number of aromatic nitrogens is 1. The zero-order valence-electron chi connectivity index (χ0n) is 14.4. The highest BCUT2D eigenvalue weighted by Gasteiger charge is 2.22. The SMILES string of the molecule is CC(C)(C)Sc1c(Cl)cccc1C(=O)c1cnc2c(F)c(F)ccc2c1. The van der Waals surface area contributed by atoms with E-state index < -0.39 is 11.6 Å². The van der Waals surface area contributed by atoms with E-state index in [0.29, 0.717) is 26.4 Å². The lowest BCUT2D eigenvalue weighted by Gasteiger charge is -2.20. The summed E-state index contributed by atoms with van der Waals surface area (Å²) in [7, 11) is 0. The molecule has 3 rings (SSSR count). The van der Waals surface area contributed by atoms with Crippen LogP contribution in [0.5, 0.6) is 0 Å². The monoisotopic (exact) mass is 391 g/mol. The van der Waals surface area contributed by atoms with Gasteiger partial charge in [-0.05, 0) is 30.3 Å². The van der Waals surface area contributed by atoms with Crippen LogP contribution in [-0.4, -0.2) is 15.5 Å². The summed E-state index contributed by atoms with van der Waals surface area (Å²) in [5.74, 6) is -2.26. The van der Waals surface area contributed by atoms with Crippen LogP contribution < -0.4 is 0 Å². The molecule has 0 N–H and O–H groups in total. The first-order valence-corrected chi connectivity index (χ1v) is 9.13. The third kappa shape index (κ3) is 3.74. The molecule has 1 heterocycles. The molecule has 0 aliphatic heterocycles. The van der Waals surface area contributed by atoms with Crippen molar-refractivity contribution in [1.29, 1.82) is 0 Å². The first-order chi connectivity index (χ1) is 12.2. The van der Waals surface area contributed by atoms with Gasteiger partial charge in [-0.1, -0.05) is 38.4 Å². The number of hydrogen-bond donors (Lipinski definition) is 0. The molecule has 0 saturated heterocycles. The molecule has 6 heteroatoms. The quantitative estimate of drug-likeness (QED) is 0.388. The Morgan fingerprint density at radius 3 is 2.58 bits per heavy atom. The highest BCUT2D eigenvalue weighted by molar-refractivity contribution is 8.00. The summed E-state index contributed by atoms with van der Waals surface area (Å²) in [4.78, 5) is 17.7. The van der Waals surface area contributed by atoms with Gasteiger partial charge < -0.3 is 0 Å². The van der Waals surface area contributed by atoms with Crippen LogP contribution in [0.25, 0.3) is 10.9 Å². The number of hydrogen-bond acceptors (Lipinski definition) is 3. The van der Waals surface area contributed by atoms with Crippen molar-refractivity contribution in [3.63, 3.8) is 0 Å². The van der Waals surface area contributed by atoms with Gasteiger partial charge in [0.05, 0.1) is 5.02 Å². The van der Waals surface area contributed by atoms with E-state index in [-0.39, 0.29) is 16.0 Å². The fourth-order valence-corrected chi connectivity index (χ4v) is 3.86. The Balaban J connectivity index is 2.09. The second-order valence-corrected chi connectivity index (χ2v) is 9.06. The zero-order chi connectivity index (χ0) is 19.1. The minimum Gasteiger partial charge on any atom is -0.289 e. The predicted octanol–water partition coefficient (Wildman–Crippen LogP) is 6.29. The number of carbonyl (C=O) groups excluding carboxylic acids is 1. The van der Waals surface area contributed by atoms with Crippen LogP contribution in [0.4, 0.5) is 8.78 Å². The Bertz CT molecular complexity index is 1010. The van der Waals surface area contributed by atoms with Crippen LogP contribution in [0.2, 0.25) is 5.02 Å². The van der Waals surface area contributed by atoms with Crippen LogP contribution in [0.3, 0.4) is 0 Å². The molecule has 0 fully saturated rings. The molecule has 0 spiro atoms. The van der Waals surface area contributed by atoms with Gasteiger partial charge in [-0.25, -0.2) is 8.78 Å². The number of rotatable bonds is 3. The van der Waals surface area contributed by atoms with Gasteiger partial charge in [0, 0.05) is 32.4 Å². The number of halogens is 3. The molecule has 2 nitrogen and oxygen atoms in total. The molecular weight excluding hydrogens is 376 g/mol. The normalized spacial score (nSPS) is 11.8. The van der Waals surface area contributed by atoms with E-state index in [1.165, 1.54) is 30.1 Å². The second kappa shape index (κ2) is 6.97. The highest BCUT2D eigenvalue weighted by Crippen LogP contribution is 2.39. The van der Waals surface area contributed by atoms with Crippen LogP contribution >= 0.6 is 23.4 Å². The largest absolute Gasteiger partial charge is 0.289 e. The standard InChI is InChI=1S/C20H16ClF2NOS/c1-20(2,3)26-19-13(5-4-6-14(19)21)18(25)12-9-11-7-8-15(22)16(23)17(11)24-10-12/h4-10H,1-3H3. The molecule has 0 saturated carbocycles. The maximum atomic E-state index is 13.8. The molecule has 3 aromatic rings. The molecule has 0 atom stereocenters. The Morgan fingerprint density at radius 1 is 1.15 bits per heavy atom. The second-order valence-electron chi connectivity index (χ2n) is 6.82. The number of benzene rings is 2. The van der Waals surface area contributed by atoms with Crippen molar-refractivity contribution in [3.05, 3.63) is 70.4 Å². The summed E-state index contributed by atoms with van der Waals surface area (Å²) in [6.45, 7) is 6.10. The predicted molar refractivity (Wildman–Crippen MR) is 102 cm³/mol. The minimum atomic E-state index is -1.02. The maximum absolute atomic E-state index is 13.8. The van der Waals surface area contributed by atoms with Gasteiger partial charge in [0.2, 0.25) is 0 Å². The van der Waals surface area contributed by atoms with Gasteiger partial charge in [0.25, 0.3) is 0 Å². The Kier molecular flexibility index (Phi) is 5.04. The molecule has 0 radical (unpaired) electrons. The molecule has 26 heavy (non-hydrogen) atoms. The summed E-state index contributed by atoms with van der Waals surface area (Å²) in [5.41, 5.74) is 0.652. The third-order valence-electron chi connectivity index (χ3n) is 3.63.